The van der Waals surface area contributed by atoms with Crippen LogP contribution in [0.1, 0.15) is 81.6 Å². The molecule has 0 saturated carbocycles. The topological polar surface area (TPSA) is 68.7 Å². The summed E-state index contributed by atoms with van der Waals surface area (Å²) in [6, 6.07) is 12.9. The molecule has 0 N–H and O–H groups in total. The first-order valence-electron chi connectivity index (χ1n) is 16.0. The lowest BCUT2D eigenvalue weighted by Crippen LogP contribution is -2.55. The molecule has 44 heavy (non-hydrogen) atoms. The quantitative estimate of drug-likeness (QED) is 0.272. The van der Waals surface area contributed by atoms with E-state index in [1.807, 2.05) is 27.0 Å². The first kappa shape index (κ1) is 30.9. The number of likely N-dealkylation sites (tertiary alicyclic amines) is 1. The number of quaternary nitrogens is 1. The Labute approximate surface area is 265 Å². The van der Waals surface area contributed by atoms with Crippen LogP contribution in [0.5, 0.6) is 0 Å². The normalized spacial score (nSPS) is 23.5. The fourth-order valence-corrected chi connectivity index (χ4v) is 8.48. The lowest BCUT2D eigenvalue weighted by molar-refractivity contribution is -0.881. The van der Waals surface area contributed by atoms with Crippen molar-refractivity contribution in [2.75, 3.05) is 37.7 Å². The molecule has 2 saturated heterocycles. The highest BCUT2D eigenvalue weighted by molar-refractivity contribution is 7.19. The summed E-state index contributed by atoms with van der Waals surface area (Å²) in [6.45, 7) is 16.8. The molecule has 3 aromatic rings. The molecule has 3 aliphatic rings. The molecule has 2 aromatic heterocycles. The number of carbonyl (C=O) groups is 2. The third kappa shape index (κ3) is 6.09. The molecule has 234 valence electrons. The number of hydrogen-bond acceptors (Lipinski definition) is 7. The molecule has 0 bridgehead atoms. The number of nitrogens with zero attached hydrogens (tertiary/aromatic N) is 3. The number of morpholine rings is 1. The molecule has 6 rings (SSSR count). The molecule has 0 spiro atoms. The van der Waals surface area contributed by atoms with Gasteiger partial charge in [0, 0.05) is 55.2 Å². The average molecular weight is 617 g/mol. The maximum atomic E-state index is 13.6. The molecule has 2 atom stereocenters. The van der Waals surface area contributed by atoms with E-state index in [0.29, 0.717) is 30.7 Å². The summed E-state index contributed by atoms with van der Waals surface area (Å²) in [7, 11) is 0. The van der Waals surface area contributed by atoms with E-state index in [2.05, 4.69) is 62.1 Å². The number of anilines is 1. The Morgan fingerprint density at radius 2 is 1.91 bits per heavy atom. The van der Waals surface area contributed by atoms with Crippen molar-refractivity contribution >= 4 is 28.2 Å². The molecular weight excluding hydrogens is 570 g/mol. The van der Waals surface area contributed by atoms with Crippen molar-refractivity contribution in [3.63, 3.8) is 0 Å². The van der Waals surface area contributed by atoms with Crippen LogP contribution in [0, 0.1) is 5.41 Å². The number of ether oxygens (including phenoxy) is 2. The average Bonchev–Trinajstić information content (AvgIpc) is 3.53. The minimum absolute atomic E-state index is 0.0773. The summed E-state index contributed by atoms with van der Waals surface area (Å²) in [5.41, 5.74) is 5.84. The predicted molar refractivity (Wildman–Crippen MR) is 176 cm³/mol. The number of aromatic nitrogens is 1. The van der Waals surface area contributed by atoms with Crippen molar-refractivity contribution < 1.29 is 23.5 Å². The second-order valence-corrected chi connectivity index (χ2v) is 15.6. The Kier molecular flexibility index (Phi) is 8.22. The van der Waals surface area contributed by atoms with Crippen molar-refractivity contribution in [1.29, 1.82) is 0 Å². The van der Waals surface area contributed by atoms with Gasteiger partial charge in [0.1, 0.15) is 12.1 Å². The van der Waals surface area contributed by atoms with E-state index in [-0.39, 0.29) is 23.3 Å². The van der Waals surface area contributed by atoms with Crippen LogP contribution in [0.25, 0.3) is 22.4 Å². The monoisotopic (exact) mass is 616 g/mol. The lowest BCUT2D eigenvalue weighted by Gasteiger charge is -2.36. The molecular formula is C36H46N3O4S+. The van der Waals surface area contributed by atoms with Crippen molar-refractivity contribution in [2.24, 2.45) is 5.41 Å². The lowest BCUT2D eigenvalue weighted by atomic mass is 9.75. The number of carbonyl (C=O) groups excluding carboxylic acids is 2. The van der Waals surface area contributed by atoms with Gasteiger partial charge in [-0.1, -0.05) is 32.0 Å². The van der Waals surface area contributed by atoms with Crippen molar-refractivity contribution in [3.05, 3.63) is 58.6 Å². The van der Waals surface area contributed by atoms with Gasteiger partial charge in [0.15, 0.2) is 5.78 Å². The number of benzene rings is 1. The van der Waals surface area contributed by atoms with Crippen molar-refractivity contribution in [3.8, 4) is 22.4 Å². The van der Waals surface area contributed by atoms with Gasteiger partial charge in [-0.15, -0.1) is 11.3 Å². The van der Waals surface area contributed by atoms with Crippen molar-refractivity contribution in [1.82, 2.24) is 4.98 Å². The largest absolute Gasteiger partial charge is 0.517 e. The number of Topliss-reactive ketones (excluding diaryl/α,β-unsaturated/α-hetero) is 1. The predicted octanol–water partition coefficient (Wildman–Crippen LogP) is 7.90. The van der Waals surface area contributed by atoms with Crippen LogP contribution < -0.4 is 4.90 Å². The number of rotatable bonds is 5. The van der Waals surface area contributed by atoms with Gasteiger partial charge in [-0.2, -0.15) is 4.79 Å². The molecule has 2 fully saturated rings. The highest BCUT2D eigenvalue weighted by Gasteiger charge is 2.49. The van der Waals surface area contributed by atoms with Crippen LogP contribution in [-0.4, -0.2) is 65.8 Å². The zero-order valence-corrected chi connectivity index (χ0v) is 27.9. The first-order valence-corrected chi connectivity index (χ1v) is 16.8. The Morgan fingerprint density at radius 1 is 1.14 bits per heavy atom. The van der Waals surface area contributed by atoms with Gasteiger partial charge in [-0.05, 0) is 68.9 Å². The van der Waals surface area contributed by atoms with E-state index in [0.717, 1.165) is 66.2 Å². The SMILES string of the molecule is C[C@@H]1CCC[N+]1(Cc1cccc(-c2cc(-c3c(N4CCOCC4)sc4c3CC(C)(C)CC4=O)ccn2)c1)C(=O)OC(C)(C)C. The van der Waals surface area contributed by atoms with Gasteiger partial charge in [-0.3, -0.25) is 9.78 Å². The summed E-state index contributed by atoms with van der Waals surface area (Å²) in [4.78, 5) is 35.0. The minimum Gasteiger partial charge on any atom is -0.414 e. The number of pyridine rings is 1. The molecule has 1 aromatic carbocycles. The summed E-state index contributed by atoms with van der Waals surface area (Å²) >= 11 is 1.65. The Hall–Kier alpha value is -3.07. The van der Waals surface area contributed by atoms with E-state index >= 15 is 0 Å². The summed E-state index contributed by atoms with van der Waals surface area (Å²) in [5, 5.41) is 1.17. The third-order valence-corrected chi connectivity index (χ3v) is 10.7. The molecule has 8 heteroatoms. The van der Waals surface area contributed by atoms with Crippen LogP contribution in [0.4, 0.5) is 9.80 Å². The van der Waals surface area contributed by atoms with Gasteiger partial charge < -0.3 is 14.4 Å². The minimum atomic E-state index is -0.530. The second kappa shape index (κ2) is 11.7. The summed E-state index contributed by atoms with van der Waals surface area (Å²) in [6.07, 6.45) is 5.23. The van der Waals surface area contributed by atoms with Gasteiger partial charge in [0.2, 0.25) is 0 Å². The number of fused-ring (bicyclic) bond motifs is 1. The van der Waals surface area contributed by atoms with E-state index in [4.69, 9.17) is 14.5 Å². The molecule has 1 amide bonds. The fourth-order valence-electron chi connectivity index (χ4n) is 7.15. The second-order valence-electron chi connectivity index (χ2n) is 14.6. The Balaban J connectivity index is 1.37. The third-order valence-electron chi connectivity index (χ3n) is 9.35. The standard InChI is InChI=1S/C36H46N3O4S/c1-24-9-8-16-39(24,34(41)43-35(2,3)4)23-25-10-7-11-26(19-25)29-20-27(12-13-37-29)31-28-21-36(5,6)22-30(40)32(28)44-33(31)38-14-17-42-18-15-38/h7,10-13,19-20,24H,8-9,14-18,21-23H2,1-6H3/q+1/t24-,39?/m1/s1. The Morgan fingerprint density at radius 3 is 2.61 bits per heavy atom. The maximum Gasteiger partial charge on any atom is 0.517 e. The number of amides is 1. The van der Waals surface area contributed by atoms with Gasteiger partial charge >= 0.3 is 6.09 Å². The van der Waals surface area contributed by atoms with E-state index in [1.54, 1.807) is 11.3 Å². The number of hydrogen-bond donors (Lipinski definition) is 0. The van der Waals surface area contributed by atoms with Crippen LogP contribution in [0.3, 0.4) is 0 Å². The Bertz CT molecular complexity index is 1570. The smallest absolute Gasteiger partial charge is 0.414 e. The van der Waals surface area contributed by atoms with Gasteiger partial charge in [-0.25, -0.2) is 4.48 Å². The molecule has 2 aliphatic heterocycles. The van der Waals surface area contributed by atoms with Crippen LogP contribution in [-0.2, 0) is 22.4 Å². The molecule has 1 aliphatic carbocycles. The fraction of sp³-hybridized carbons (Fsp3) is 0.528. The molecule has 1 unspecified atom stereocenters. The van der Waals surface area contributed by atoms with Crippen LogP contribution in [0.2, 0.25) is 0 Å². The van der Waals surface area contributed by atoms with E-state index in [9.17, 15) is 9.59 Å². The number of thiophene rings is 1. The molecule has 7 nitrogen and oxygen atoms in total. The van der Waals surface area contributed by atoms with Crippen molar-refractivity contribution in [2.45, 2.75) is 85.4 Å². The van der Waals surface area contributed by atoms with Gasteiger partial charge in [0.25, 0.3) is 0 Å². The van der Waals surface area contributed by atoms with E-state index in [1.165, 1.54) is 16.1 Å². The van der Waals surface area contributed by atoms with E-state index < -0.39 is 5.60 Å². The number of ketones is 1. The summed E-state index contributed by atoms with van der Waals surface area (Å²) < 4.78 is 11.9. The first-order chi connectivity index (χ1) is 20.9. The zero-order chi connectivity index (χ0) is 31.3. The molecule has 0 radical (unpaired) electrons. The van der Waals surface area contributed by atoms with Crippen LogP contribution >= 0.6 is 11.3 Å². The summed E-state index contributed by atoms with van der Waals surface area (Å²) in [5.74, 6) is 0.252. The van der Waals surface area contributed by atoms with Crippen LogP contribution in [0.15, 0.2) is 42.6 Å². The zero-order valence-electron chi connectivity index (χ0n) is 27.1. The highest BCUT2D eigenvalue weighted by atomic mass is 32.1. The van der Waals surface area contributed by atoms with Gasteiger partial charge in [0.05, 0.1) is 41.4 Å². The highest BCUT2D eigenvalue weighted by Crippen LogP contribution is 2.50. The maximum absolute atomic E-state index is 13.6. The molecule has 4 heterocycles.